The topological polar surface area (TPSA) is 105 Å². The van der Waals surface area contributed by atoms with Crippen LogP contribution >= 0.6 is 11.3 Å². The van der Waals surface area contributed by atoms with Crippen LogP contribution in [0.1, 0.15) is 31.9 Å². The first-order valence-corrected chi connectivity index (χ1v) is 6.60. The number of hydrogen-bond acceptors (Lipinski definition) is 5. The van der Waals surface area contributed by atoms with Gasteiger partial charge in [0.1, 0.15) is 0 Å². The molecule has 1 unspecified atom stereocenters. The molecule has 0 aromatic carbocycles. The van der Waals surface area contributed by atoms with Crippen molar-refractivity contribution >= 4 is 28.3 Å². The number of carboxylic acid groups (broad SMARTS) is 1. The first-order chi connectivity index (χ1) is 8.51. The van der Waals surface area contributed by atoms with Crippen molar-refractivity contribution in [3.63, 3.8) is 0 Å². The van der Waals surface area contributed by atoms with Gasteiger partial charge in [-0.1, -0.05) is 13.3 Å². The van der Waals surface area contributed by atoms with Crippen molar-refractivity contribution in [1.29, 1.82) is 0 Å². The summed E-state index contributed by atoms with van der Waals surface area (Å²) in [5, 5.41) is 13.6. The van der Waals surface area contributed by atoms with Crippen molar-refractivity contribution < 1.29 is 14.7 Å². The Kier molecular flexibility index (Phi) is 5.57. The number of nitrogens with one attached hydrogen (secondary N) is 1. The fourth-order valence-corrected chi connectivity index (χ4v) is 2.19. The molecule has 0 saturated heterocycles. The molecule has 0 aliphatic carbocycles. The van der Waals surface area contributed by atoms with Crippen LogP contribution in [-0.4, -0.2) is 28.0 Å². The number of amides is 1. The summed E-state index contributed by atoms with van der Waals surface area (Å²) in [5.41, 5.74) is 6.08. The number of nitrogens with zero attached hydrogens (tertiary/aromatic N) is 1. The first kappa shape index (κ1) is 14.4. The molecule has 4 N–H and O–H groups in total. The van der Waals surface area contributed by atoms with Crippen LogP contribution in [-0.2, 0) is 16.0 Å². The average Bonchev–Trinajstić information content (AvgIpc) is 2.62. The van der Waals surface area contributed by atoms with Crippen molar-refractivity contribution in [3.8, 4) is 0 Å². The van der Waals surface area contributed by atoms with E-state index < -0.39 is 5.97 Å². The van der Waals surface area contributed by atoms with Crippen molar-refractivity contribution in [3.05, 3.63) is 11.1 Å². The van der Waals surface area contributed by atoms with Gasteiger partial charge in [0.15, 0.2) is 5.13 Å². The minimum Gasteiger partial charge on any atom is -0.481 e. The van der Waals surface area contributed by atoms with Crippen LogP contribution in [0.15, 0.2) is 5.38 Å². The molecule has 1 aromatic heterocycles. The Labute approximate surface area is 109 Å². The van der Waals surface area contributed by atoms with Gasteiger partial charge < -0.3 is 16.2 Å². The number of hydrogen-bond donors (Lipinski definition) is 3. The Morgan fingerprint density at radius 1 is 1.61 bits per heavy atom. The maximum atomic E-state index is 11.7. The van der Waals surface area contributed by atoms with Gasteiger partial charge in [-0.3, -0.25) is 9.59 Å². The zero-order valence-corrected chi connectivity index (χ0v) is 11.0. The summed E-state index contributed by atoms with van der Waals surface area (Å²) in [6, 6.07) is -0.323. The normalized spacial score (nSPS) is 12.1. The molecule has 7 heteroatoms. The molecule has 1 rings (SSSR count). The van der Waals surface area contributed by atoms with E-state index in [9.17, 15) is 9.59 Å². The SMILES string of the molecule is CCCC(CC(=O)O)NC(=O)Cc1csc(N)n1. The monoisotopic (exact) mass is 271 g/mol. The predicted octanol–water partition coefficient (Wildman–Crippen LogP) is 1.03. The lowest BCUT2D eigenvalue weighted by Gasteiger charge is -2.15. The van der Waals surface area contributed by atoms with E-state index >= 15 is 0 Å². The minimum absolute atomic E-state index is 0.0568. The number of nitrogen functional groups attached to an aromatic ring is 1. The summed E-state index contributed by atoms with van der Waals surface area (Å²) < 4.78 is 0. The van der Waals surface area contributed by atoms with Crippen LogP contribution in [0.25, 0.3) is 0 Å². The number of rotatable bonds is 7. The molecule has 0 fully saturated rings. The standard InChI is InChI=1S/C11H17N3O3S/c1-2-3-7(5-10(16)17)13-9(15)4-8-6-18-11(12)14-8/h6-7H,2-5H2,1H3,(H2,12,14)(H,13,15)(H,16,17). The van der Waals surface area contributed by atoms with Crippen LogP contribution < -0.4 is 11.1 Å². The summed E-state index contributed by atoms with van der Waals surface area (Å²) >= 11 is 1.28. The Hall–Kier alpha value is -1.63. The molecular formula is C11H17N3O3S. The third kappa shape index (κ3) is 5.13. The van der Waals surface area contributed by atoms with Crippen LogP contribution in [0.4, 0.5) is 5.13 Å². The largest absolute Gasteiger partial charge is 0.481 e. The maximum absolute atomic E-state index is 11.7. The molecule has 1 amide bonds. The summed E-state index contributed by atoms with van der Waals surface area (Å²) in [4.78, 5) is 26.3. The smallest absolute Gasteiger partial charge is 0.305 e. The van der Waals surface area contributed by atoms with Crippen molar-refractivity contribution in [2.75, 3.05) is 5.73 Å². The number of anilines is 1. The predicted molar refractivity (Wildman–Crippen MR) is 69.3 cm³/mol. The molecule has 100 valence electrons. The molecule has 0 saturated carbocycles. The lowest BCUT2D eigenvalue weighted by atomic mass is 10.1. The van der Waals surface area contributed by atoms with Gasteiger partial charge in [0.2, 0.25) is 5.91 Å². The van der Waals surface area contributed by atoms with Crippen LogP contribution in [0, 0.1) is 0 Å². The fourth-order valence-electron chi connectivity index (χ4n) is 1.63. The quantitative estimate of drug-likeness (QED) is 0.687. The van der Waals surface area contributed by atoms with Crippen molar-refractivity contribution in [2.24, 2.45) is 0 Å². The lowest BCUT2D eigenvalue weighted by molar-refractivity contribution is -0.137. The molecule has 1 atom stereocenters. The molecule has 18 heavy (non-hydrogen) atoms. The van der Waals surface area contributed by atoms with Crippen molar-refractivity contribution in [2.45, 2.75) is 38.6 Å². The number of aliphatic carboxylic acids is 1. The molecule has 0 aliphatic rings. The summed E-state index contributed by atoms with van der Waals surface area (Å²) in [7, 11) is 0. The molecule has 1 aromatic rings. The van der Waals surface area contributed by atoms with Crippen LogP contribution in [0.5, 0.6) is 0 Å². The zero-order valence-electron chi connectivity index (χ0n) is 10.2. The number of carboxylic acids is 1. The second kappa shape index (κ2) is 6.95. The van der Waals surface area contributed by atoms with Gasteiger partial charge in [0, 0.05) is 11.4 Å². The fraction of sp³-hybridized carbons (Fsp3) is 0.545. The zero-order chi connectivity index (χ0) is 13.5. The maximum Gasteiger partial charge on any atom is 0.305 e. The molecule has 0 bridgehead atoms. The highest BCUT2D eigenvalue weighted by molar-refractivity contribution is 7.13. The second-order valence-electron chi connectivity index (χ2n) is 4.00. The van der Waals surface area contributed by atoms with Gasteiger partial charge in [0.05, 0.1) is 18.5 Å². The third-order valence-corrected chi connectivity index (χ3v) is 3.06. The molecule has 6 nitrogen and oxygen atoms in total. The summed E-state index contributed by atoms with van der Waals surface area (Å²) in [6.07, 6.45) is 1.55. The van der Waals surface area contributed by atoms with Crippen LogP contribution in [0.3, 0.4) is 0 Å². The van der Waals surface area contributed by atoms with Gasteiger partial charge >= 0.3 is 5.97 Å². The van der Waals surface area contributed by atoms with E-state index in [4.69, 9.17) is 10.8 Å². The molecular weight excluding hydrogens is 254 g/mol. The number of carbonyl (C=O) groups is 2. The third-order valence-electron chi connectivity index (χ3n) is 2.33. The highest BCUT2D eigenvalue weighted by atomic mass is 32.1. The Morgan fingerprint density at radius 3 is 2.83 bits per heavy atom. The van der Waals surface area contributed by atoms with E-state index in [0.29, 0.717) is 17.2 Å². The molecule has 0 aliphatic heterocycles. The van der Waals surface area contributed by atoms with E-state index in [0.717, 1.165) is 6.42 Å². The van der Waals surface area contributed by atoms with Gasteiger partial charge in [-0.25, -0.2) is 4.98 Å². The van der Waals surface area contributed by atoms with E-state index in [1.54, 1.807) is 5.38 Å². The Balaban J connectivity index is 2.47. The molecule has 1 heterocycles. The second-order valence-corrected chi connectivity index (χ2v) is 4.89. The highest BCUT2D eigenvalue weighted by Gasteiger charge is 2.16. The number of aromatic nitrogens is 1. The number of nitrogens with two attached hydrogens (primary N) is 1. The van der Waals surface area contributed by atoms with Crippen LogP contribution in [0.2, 0.25) is 0 Å². The average molecular weight is 271 g/mol. The highest BCUT2D eigenvalue weighted by Crippen LogP contribution is 2.11. The summed E-state index contributed by atoms with van der Waals surface area (Å²) in [5.74, 6) is -1.13. The van der Waals surface area contributed by atoms with E-state index in [2.05, 4.69) is 10.3 Å². The first-order valence-electron chi connectivity index (χ1n) is 5.72. The number of carbonyl (C=O) groups excluding carboxylic acids is 1. The lowest BCUT2D eigenvalue weighted by Crippen LogP contribution is -2.37. The minimum atomic E-state index is -0.911. The Bertz CT molecular complexity index is 419. The van der Waals surface area contributed by atoms with Gasteiger partial charge in [0.25, 0.3) is 0 Å². The van der Waals surface area contributed by atoms with Crippen molar-refractivity contribution in [1.82, 2.24) is 10.3 Å². The van der Waals surface area contributed by atoms with Gasteiger partial charge in [-0.15, -0.1) is 11.3 Å². The molecule has 0 spiro atoms. The Morgan fingerprint density at radius 2 is 2.33 bits per heavy atom. The van der Waals surface area contributed by atoms with E-state index in [1.807, 2.05) is 6.92 Å². The van der Waals surface area contributed by atoms with Gasteiger partial charge in [-0.2, -0.15) is 0 Å². The number of thiazole rings is 1. The van der Waals surface area contributed by atoms with E-state index in [-0.39, 0.29) is 24.8 Å². The molecule has 0 radical (unpaired) electrons. The van der Waals surface area contributed by atoms with E-state index in [1.165, 1.54) is 11.3 Å². The van der Waals surface area contributed by atoms with Gasteiger partial charge in [-0.05, 0) is 6.42 Å². The summed E-state index contributed by atoms with van der Waals surface area (Å²) in [6.45, 7) is 1.95.